The lowest BCUT2D eigenvalue weighted by atomic mass is 10.2. The molecule has 1 N–H and O–H groups in total. The van der Waals surface area contributed by atoms with Gasteiger partial charge in [-0.3, -0.25) is 0 Å². The molecule has 1 unspecified atom stereocenters. The molecular formula is C10H12N4. The second-order valence-corrected chi connectivity index (χ2v) is 3.64. The highest BCUT2D eigenvalue weighted by atomic mass is 15.0. The first kappa shape index (κ1) is 8.95. The number of anilines is 1. The maximum Gasteiger partial charge on any atom is 0.182 e. The van der Waals surface area contributed by atoms with Crippen molar-refractivity contribution < 1.29 is 0 Å². The fourth-order valence-corrected chi connectivity index (χ4v) is 1.46. The zero-order valence-corrected chi connectivity index (χ0v) is 8.07. The Hall–Kier alpha value is -1.63. The maximum absolute atomic E-state index is 8.79. The summed E-state index contributed by atoms with van der Waals surface area (Å²) in [6.45, 7) is 2.12. The SMILES string of the molecule is CC(Nc1nccnc1C#N)C1CC1. The van der Waals surface area contributed by atoms with Crippen LogP contribution in [0.25, 0.3) is 0 Å². The number of aromatic nitrogens is 2. The second kappa shape index (κ2) is 3.62. The van der Waals surface area contributed by atoms with Gasteiger partial charge in [0, 0.05) is 18.4 Å². The van der Waals surface area contributed by atoms with E-state index in [2.05, 4.69) is 22.2 Å². The molecule has 72 valence electrons. The Morgan fingerprint density at radius 2 is 2.21 bits per heavy atom. The molecule has 1 aliphatic carbocycles. The van der Waals surface area contributed by atoms with Gasteiger partial charge in [-0.15, -0.1) is 0 Å². The number of nitrogens with one attached hydrogen (secondary N) is 1. The van der Waals surface area contributed by atoms with Crippen LogP contribution in [0.4, 0.5) is 5.82 Å². The standard InChI is InChI=1S/C10H12N4/c1-7(8-2-3-8)14-10-9(6-11)12-4-5-13-10/h4-5,7-8H,2-3H2,1H3,(H,13,14). The van der Waals surface area contributed by atoms with Crippen molar-refractivity contribution in [1.29, 1.82) is 5.26 Å². The second-order valence-electron chi connectivity index (χ2n) is 3.64. The molecular weight excluding hydrogens is 176 g/mol. The molecule has 4 heteroatoms. The molecule has 0 spiro atoms. The van der Waals surface area contributed by atoms with E-state index in [9.17, 15) is 0 Å². The molecule has 1 aromatic rings. The third kappa shape index (κ3) is 1.82. The third-order valence-electron chi connectivity index (χ3n) is 2.50. The Kier molecular flexibility index (Phi) is 2.32. The Morgan fingerprint density at radius 1 is 1.50 bits per heavy atom. The van der Waals surface area contributed by atoms with Crippen molar-refractivity contribution >= 4 is 5.82 Å². The summed E-state index contributed by atoms with van der Waals surface area (Å²) >= 11 is 0. The maximum atomic E-state index is 8.79. The first-order valence-electron chi connectivity index (χ1n) is 4.79. The fraction of sp³-hybridized carbons (Fsp3) is 0.500. The van der Waals surface area contributed by atoms with E-state index in [1.165, 1.54) is 19.0 Å². The monoisotopic (exact) mass is 188 g/mol. The summed E-state index contributed by atoms with van der Waals surface area (Å²) in [6.07, 6.45) is 5.68. The number of nitrogens with zero attached hydrogens (tertiary/aromatic N) is 3. The van der Waals surface area contributed by atoms with E-state index < -0.39 is 0 Å². The topological polar surface area (TPSA) is 61.6 Å². The summed E-state index contributed by atoms with van der Waals surface area (Å²) in [5, 5.41) is 12.0. The van der Waals surface area contributed by atoms with E-state index in [1.807, 2.05) is 6.07 Å². The largest absolute Gasteiger partial charge is 0.365 e. The van der Waals surface area contributed by atoms with E-state index in [4.69, 9.17) is 5.26 Å². The molecule has 1 heterocycles. The number of nitriles is 1. The van der Waals surface area contributed by atoms with Gasteiger partial charge in [0.1, 0.15) is 6.07 Å². The van der Waals surface area contributed by atoms with Crippen molar-refractivity contribution in [1.82, 2.24) is 9.97 Å². The van der Waals surface area contributed by atoms with Crippen LogP contribution in [-0.4, -0.2) is 16.0 Å². The molecule has 1 saturated carbocycles. The lowest BCUT2D eigenvalue weighted by Crippen LogP contribution is -2.19. The molecule has 2 rings (SSSR count). The number of hydrogen-bond acceptors (Lipinski definition) is 4. The molecule has 0 bridgehead atoms. The van der Waals surface area contributed by atoms with Gasteiger partial charge in [0.15, 0.2) is 11.5 Å². The molecule has 0 amide bonds. The van der Waals surface area contributed by atoms with Crippen molar-refractivity contribution in [3.05, 3.63) is 18.1 Å². The minimum absolute atomic E-state index is 0.375. The predicted octanol–water partition coefficient (Wildman–Crippen LogP) is 1.56. The van der Waals surface area contributed by atoms with Crippen molar-refractivity contribution in [3.8, 4) is 6.07 Å². The first-order valence-corrected chi connectivity index (χ1v) is 4.79. The summed E-state index contributed by atoms with van der Waals surface area (Å²) < 4.78 is 0. The molecule has 1 fully saturated rings. The molecule has 1 aliphatic rings. The zero-order valence-electron chi connectivity index (χ0n) is 8.07. The third-order valence-corrected chi connectivity index (χ3v) is 2.50. The summed E-state index contributed by atoms with van der Waals surface area (Å²) in [5.41, 5.74) is 0.375. The summed E-state index contributed by atoms with van der Waals surface area (Å²) in [5.74, 6) is 1.35. The van der Waals surface area contributed by atoms with Crippen LogP contribution in [0, 0.1) is 17.2 Å². The van der Waals surface area contributed by atoms with Crippen molar-refractivity contribution in [2.75, 3.05) is 5.32 Å². The molecule has 0 aliphatic heterocycles. The van der Waals surface area contributed by atoms with Crippen LogP contribution in [0.5, 0.6) is 0 Å². The predicted molar refractivity (Wildman–Crippen MR) is 52.6 cm³/mol. The molecule has 0 aromatic carbocycles. The van der Waals surface area contributed by atoms with Gasteiger partial charge in [-0.1, -0.05) is 0 Å². The van der Waals surface area contributed by atoms with Crippen LogP contribution >= 0.6 is 0 Å². The number of hydrogen-bond donors (Lipinski definition) is 1. The minimum Gasteiger partial charge on any atom is -0.365 e. The Labute approximate surface area is 83.0 Å². The summed E-state index contributed by atoms with van der Waals surface area (Å²) in [7, 11) is 0. The average molecular weight is 188 g/mol. The first-order chi connectivity index (χ1) is 6.81. The lowest BCUT2D eigenvalue weighted by Gasteiger charge is -2.13. The van der Waals surface area contributed by atoms with Crippen molar-refractivity contribution in [2.45, 2.75) is 25.8 Å². The van der Waals surface area contributed by atoms with Crippen molar-refractivity contribution in [2.24, 2.45) is 5.92 Å². The summed E-state index contributed by atoms with van der Waals surface area (Å²) in [4.78, 5) is 8.05. The van der Waals surface area contributed by atoms with Crippen LogP contribution in [0.3, 0.4) is 0 Å². The van der Waals surface area contributed by atoms with Crippen LogP contribution in [0.1, 0.15) is 25.5 Å². The highest BCUT2D eigenvalue weighted by Crippen LogP contribution is 2.33. The Balaban J connectivity index is 2.11. The molecule has 1 atom stereocenters. The van der Waals surface area contributed by atoms with E-state index in [0.717, 1.165) is 5.92 Å². The molecule has 1 aromatic heterocycles. The van der Waals surface area contributed by atoms with Crippen LogP contribution in [0.15, 0.2) is 12.4 Å². The van der Waals surface area contributed by atoms with Gasteiger partial charge in [-0.2, -0.15) is 5.26 Å². The van der Waals surface area contributed by atoms with Crippen LogP contribution in [0.2, 0.25) is 0 Å². The highest BCUT2D eigenvalue weighted by molar-refractivity contribution is 5.47. The average Bonchev–Trinajstić information content (AvgIpc) is 3.02. The molecule has 0 radical (unpaired) electrons. The van der Waals surface area contributed by atoms with E-state index in [1.54, 1.807) is 6.20 Å². The van der Waals surface area contributed by atoms with Gasteiger partial charge in [0.25, 0.3) is 0 Å². The van der Waals surface area contributed by atoms with Crippen molar-refractivity contribution in [3.63, 3.8) is 0 Å². The Morgan fingerprint density at radius 3 is 2.86 bits per heavy atom. The Bertz CT molecular complexity index is 365. The molecule has 0 saturated heterocycles. The zero-order chi connectivity index (χ0) is 9.97. The fourth-order valence-electron chi connectivity index (χ4n) is 1.46. The molecule has 14 heavy (non-hydrogen) atoms. The lowest BCUT2D eigenvalue weighted by molar-refractivity contribution is 0.689. The van der Waals surface area contributed by atoms with Gasteiger partial charge in [-0.05, 0) is 25.7 Å². The molecule has 4 nitrogen and oxygen atoms in total. The van der Waals surface area contributed by atoms with Crippen LogP contribution in [-0.2, 0) is 0 Å². The van der Waals surface area contributed by atoms with Gasteiger partial charge < -0.3 is 5.32 Å². The minimum atomic E-state index is 0.375. The smallest absolute Gasteiger partial charge is 0.182 e. The van der Waals surface area contributed by atoms with Gasteiger partial charge in [0.2, 0.25) is 0 Å². The van der Waals surface area contributed by atoms with E-state index in [-0.39, 0.29) is 0 Å². The normalized spacial score (nSPS) is 17.1. The van der Waals surface area contributed by atoms with Gasteiger partial charge >= 0.3 is 0 Å². The van der Waals surface area contributed by atoms with Gasteiger partial charge in [-0.25, -0.2) is 9.97 Å². The highest BCUT2D eigenvalue weighted by Gasteiger charge is 2.28. The quantitative estimate of drug-likeness (QED) is 0.781. The van der Waals surface area contributed by atoms with Gasteiger partial charge in [0.05, 0.1) is 0 Å². The van der Waals surface area contributed by atoms with Crippen LogP contribution < -0.4 is 5.32 Å². The van der Waals surface area contributed by atoms with E-state index >= 15 is 0 Å². The van der Waals surface area contributed by atoms with E-state index in [0.29, 0.717) is 17.6 Å². The number of rotatable bonds is 3. The summed E-state index contributed by atoms with van der Waals surface area (Å²) in [6, 6.07) is 2.41.